The van der Waals surface area contributed by atoms with Crippen molar-refractivity contribution in [2.45, 2.75) is 45.2 Å². The predicted molar refractivity (Wildman–Crippen MR) is 125 cm³/mol. The minimum absolute atomic E-state index is 0.0985. The average Bonchev–Trinajstić information content (AvgIpc) is 2.80. The first-order chi connectivity index (χ1) is 16.4. The van der Waals surface area contributed by atoms with Gasteiger partial charge in [-0.25, -0.2) is 9.59 Å². The number of benzene rings is 2. The quantitative estimate of drug-likeness (QED) is 0.529. The summed E-state index contributed by atoms with van der Waals surface area (Å²) in [6.45, 7) is 6.04. The highest BCUT2D eigenvalue weighted by Gasteiger charge is 2.34. The maximum Gasteiger partial charge on any atom is 0.416 e. The van der Waals surface area contributed by atoms with Crippen LogP contribution in [0.2, 0.25) is 0 Å². The number of amides is 2. The number of carbonyl (C=O) groups excluding carboxylic acids is 2. The van der Waals surface area contributed by atoms with E-state index in [-0.39, 0.29) is 26.2 Å². The highest BCUT2D eigenvalue weighted by Crippen LogP contribution is 2.29. The molecule has 188 valence electrons. The predicted octanol–water partition coefficient (Wildman–Crippen LogP) is 5.98. The van der Waals surface area contributed by atoms with Gasteiger partial charge in [0.1, 0.15) is 12.2 Å². The Morgan fingerprint density at radius 3 is 2.23 bits per heavy atom. The van der Waals surface area contributed by atoms with Crippen molar-refractivity contribution in [3.05, 3.63) is 77.4 Å². The molecule has 1 atom stereocenters. The van der Waals surface area contributed by atoms with Gasteiger partial charge < -0.3 is 14.4 Å². The van der Waals surface area contributed by atoms with E-state index in [0.717, 1.165) is 17.7 Å². The Bertz CT molecular complexity index is 1030. The van der Waals surface area contributed by atoms with Gasteiger partial charge >= 0.3 is 18.4 Å². The van der Waals surface area contributed by atoms with Gasteiger partial charge in [0.2, 0.25) is 0 Å². The van der Waals surface area contributed by atoms with Crippen molar-refractivity contribution in [2.24, 2.45) is 0 Å². The van der Waals surface area contributed by atoms with Crippen LogP contribution in [0.15, 0.2) is 60.7 Å². The molecule has 6 nitrogen and oxygen atoms in total. The van der Waals surface area contributed by atoms with Crippen molar-refractivity contribution >= 4 is 18.3 Å². The summed E-state index contributed by atoms with van der Waals surface area (Å²) >= 11 is 0. The normalized spacial score (nSPS) is 16.9. The molecule has 0 saturated carbocycles. The fraction of sp³-hybridized carbons (Fsp3) is 0.385. The Morgan fingerprint density at radius 1 is 0.971 bits per heavy atom. The minimum atomic E-state index is -4.42. The number of rotatable bonds is 4. The average molecular weight is 491 g/mol. The van der Waals surface area contributed by atoms with Crippen molar-refractivity contribution in [3.63, 3.8) is 0 Å². The number of alkyl halides is 3. The molecule has 1 aliphatic heterocycles. The lowest BCUT2D eigenvalue weighted by atomic mass is 10.1. The molecule has 0 N–H and O–H groups in total. The first-order valence-corrected chi connectivity index (χ1v) is 11.2. The zero-order chi connectivity index (χ0) is 25.6. The second-order valence-electron chi connectivity index (χ2n) is 9.21. The topological polar surface area (TPSA) is 59.1 Å². The van der Waals surface area contributed by atoms with Crippen LogP contribution in [0.3, 0.4) is 0 Å². The van der Waals surface area contributed by atoms with Crippen molar-refractivity contribution in [3.8, 4) is 0 Å². The van der Waals surface area contributed by atoms with E-state index < -0.39 is 35.6 Å². The van der Waals surface area contributed by atoms with E-state index in [1.54, 1.807) is 32.9 Å². The molecule has 0 spiro atoms. The lowest BCUT2D eigenvalue weighted by Crippen LogP contribution is -2.56. The number of hydrogen-bond donors (Lipinski definition) is 0. The molecule has 1 fully saturated rings. The summed E-state index contributed by atoms with van der Waals surface area (Å²) in [5.41, 5.74) is -0.0430. The van der Waals surface area contributed by atoms with Gasteiger partial charge in [-0.15, -0.1) is 0 Å². The molecule has 35 heavy (non-hydrogen) atoms. The molecule has 0 radical (unpaired) electrons. The molecule has 2 amide bonds. The molecule has 2 aromatic rings. The molecule has 1 aliphatic rings. The van der Waals surface area contributed by atoms with E-state index in [4.69, 9.17) is 9.47 Å². The number of nitrogens with zero attached hydrogens (tertiary/aromatic N) is 2. The highest BCUT2D eigenvalue weighted by atomic mass is 19.4. The Kier molecular flexibility index (Phi) is 8.09. The van der Waals surface area contributed by atoms with Gasteiger partial charge in [-0.2, -0.15) is 13.2 Å². The lowest BCUT2D eigenvalue weighted by molar-refractivity contribution is -0.137. The number of piperazine rings is 1. The third-order valence-electron chi connectivity index (χ3n) is 5.26. The Balaban J connectivity index is 1.75. The zero-order valence-corrected chi connectivity index (χ0v) is 19.9. The number of ether oxygens (including phenoxy) is 2. The first kappa shape index (κ1) is 26.1. The van der Waals surface area contributed by atoms with Crippen LogP contribution in [0.1, 0.15) is 37.5 Å². The molecular weight excluding hydrogens is 461 g/mol. The summed E-state index contributed by atoms with van der Waals surface area (Å²) < 4.78 is 49.5. The summed E-state index contributed by atoms with van der Waals surface area (Å²) in [7, 11) is 0. The standard InChI is InChI=1S/C26H29F3N2O4/c1-25(2,3)35-23(32)30-15-16-31(24(33)34-18-20-7-5-4-6-8-20)22(17-30)14-11-19-9-12-21(13-10-19)26(27,28)29/h4-14,22H,15-18H2,1-3H3/b14-11+. The van der Waals surface area contributed by atoms with Crippen LogP contribution in [0, 0.1) is 0 Å². The van der Waals surface area contributed by atoms with E-state index in [1.807, 2.05) is 30.3 Å². The first-order valence-electron chi connectivity index (χ1n) is 11.2. The van der Waals surface area contributed by atoms with Crippen LogP contribution in [-0.4, -0.2) is 53.3 Å². The maximum absolute atomic E-state index is 12.9. The fourth-order valence-electron chi connectivity index (χ4n) is 3.50. The molecule has 1 unspecified atom stereocenters. The van der Waals surface area contributed by atoms with Gasteiger partial charge in [-0.1, -0.05) is 54.6 Å². The third-order valence-corrected chi connectivity index (χ3v) is 5.26. The van der Waals surface area contributed by atoms with Crippen LogP contribution in [0.4, 0.5) is 22.8 Å². The van der Waals surface area contributed by atoms with Crippen LogP contribution >= 0.6 is 0 Å². The molecule has 1 saturated heterocycles. The summed E-state index contributed by atoms with van der Waals surface area (Å²) in [5.74, 6) is 0. The highest BCUT2D eigenvalue weighted by molar-refractivity contribution is 5.72. The van der Waals surface area contributed by atoms with Crippen molar-refractivity contribution in [2.75, 3.05) is 19.6 Å². The van der Waals surface area contributed by atoms with Crippen molar-refractivity contribution in [1.29, 1.82) is 0 Å². The second kappa shape index (κ2) is 10.8. The van der Waals surface area contributed by atoms with Crippen molar-refractivity contribution in [1.82, 2.24) is 9.80 Å². The summed E-state index contributed by atoms with van der Waals surface area (Å²) in [4.78, 5) is 28.5. The Hall–Kier alpha value is -3.49. The molecule has 3 rings (SSSR count). The maximum atomic E-state index is 12.9. The van der Waals surface area contributed by atoms with E-state index in [0.29, 0.717) is 5.56 Å². The zero-order valence-electron chi connectivity index (χ0n) is 19.9. The lowest BCUT2D eigenvalue weighted by Gasteiger charge is -2.39. The van der Waals surface area contributed by atoms with Crippen LogP contribution in [-0.2, 0) is 22.3 Å². The molecule has 2 aromatic carbocycles. The number of hydrogen-bond acceptors (Lipinski definition) is 4. The molecule has 0 aliphatic carbocycles. The minimum Gasteiger partial charge on any atom is -0.445 e. The van der Waals surface area contributed by atoms with E-state index in [9.17, 15) is 22.8 Å². The fourth-order valence-corrected chi connectivity index (χ4v) is 3.50. The van der Waals surface area contributed by atoms with Gasteiger partial charge in [0, 0.05) is 19.6 Å². The largest absolute Gasteiger partial charge is 0.445 e. The van der Waals surface area contributed by atoms with E-state index >= 15 is 0 Å². The molecule has 0 bridgehead atoms. The SMILES string of the molecule is CC(C)(C)OC(=O)N1CCN(C(=O)OCc2ccccc2)C(/C=C/c2ccc(C(F)(F)F)cc2)C1. The van der Waals surface area contributed by atoms with Gasteiger partial charge in [0.15, 0.2) is 0 Å². The summed E-state index contributed by atoms with van der Waals surface area (Å²) in [5, 5.41) is 0. The smallest absolute Gasteiger partial charge is 0.416 e. The van der Waals surface area contributed by atoms with Gasteiger partial charge in [-0.05, 0) is 44.0 Å². The van der Waals surface area contributed by atoms with E-state index in [2.05, 4.69) is 0 Å². The Labute approximate surface area is 202 Å². The van der Waals surface area contributed by atoms with Crippen LogP contribution in [0.5, 0.6) is 0 Å². The monoisotopic (exact) mass is 490 g/mol. The Morgan fingerprint density at radius 2 is 1.63 bits per heavy atom. The van der Waals surface area contributed by atoms with Crippen molar-refractivity contribution < 1.29 is 32.2 Å². The van der Waals surface area contributed by atoms with Gasteiger partial charge in [0.05, 0.1) is 11.6 Å². The molecule has 1 heterocycles. The summed E-state index contributed by atoms with van der Waals surface area (Å²) in [6.07, 6.45) is -2.15. The van der Waals surface area contributed by atoms with E-state index in [1.165, 1.54) is 21.9 Å². The number of halogens is 3. The second-order valence-corrected chi connectivity index (χ2v) is 9.21. The molecule has 9 heteroatoms. The number of carbonyl (C=O) groups is 2. The summed E-state index contributed by atoms with van der Waals surface area (Å²) in [6, 6.07) is 13.4. The molecular formula is C26H29F3N2O4. The van der Waals surface area contributed by atoms with Crippen LogP contribution < -0.4 is 0 Å². The third kappa shape index (κ3) is 7.77. The van der Waals surface area contributed by atoms with Gasteiger partial charge in [-0.3, -0.25) is 4.90 Å². The molecule has 0 aromatic heterocycles. The van der Waals surface area contributed by atoms with Gasteiger partial charge in [0.25, 0.3) is 0 Å². The van der Waals surface area contributed by atoms with Crippen LogP contribution in [0.25, 0.3) is 6.08 Å².